The van der Waals surface area contributed by atoms with Crippen LogP contribution in [-0.2, 0) is 20.0 Å². The van der Waals surface area contributed by atoms with Crippen LogP contribution >= 0.6 is 24.4 Å². The molecular weight excluding hydrogens is 260 g/mol. The molecule has 0 amide bonds. The molecular formula is C6H12N2O2S4. The van der Waals surface area contributed by atoms with Gasteiger partial charge in [0.05, 0.1) is 5.55 Å². The van der Waals surface area contributed by atoms with Crippen LogP contribution < -0.4 is 5.43 Å². The van der Waals surface area contributed by atoms with Gasteiger partial charge in [0, 0.05) is 16.9 Å². The molecule has 0 aromatic heterocycles. The third-order valence-electron chi connectivity index (χ3n) is 1.71. The fourth-order valence-corrected chi connectivity index (χ4v) is 2.96. The first kappa shape index (κ1) is 12.6. The summed E-state index contributed by atoms with van der Waals surface area (Å²) in [4.78, 5) is 0. The van der Waals surface area contributed by atoms with Crippen molar-refractivity contribution < 1.29 is 8.76 Å². The van der Waals surface area contributed by atoms with Crippen molar-refractivity contribution in [1.82, 2.24) is 5.43 Å². The van der Waals surface area contributed by atoms with E-state index < -0.39 is 8.77 Å². The second-order valence-electron chi connectivity index (χ2n) is 2.99. The van der Waals surface area contributed by atoms with Crippen molar-refractivity contribution in [2.75, 3.05) is 5.75 Å². The quantitative estimate of drug-likeness (QED) is 0.519. The standard InChI is InChI=1S/C6H12N2O2S4/c9-14(10,12)4-2-1-3-6(11)8-7-5-13-6/h5,8,11H,1-4H2,(H,9,10,12). The zero-order valence-electron chi connectivity index (χ0n) is 7.38. The molecule has 0 aromatic carbocycles. The molecule has 0 fully saturated rings. The molecule has 0 saturated carbocycles. The monoisotopic (exact) mass is 272 g/mol. The molecule has 1 aliphatic rings. The minimum Gasteiger partial charge on any atom is -0.306 e. The number of nitrogens with one attached hydrogen (secondary N) is 1. The van der Waals surface area contributed by atoms with E-state index in [2.05, 4.69) is 34.3 Å². The Morgan fingerprint density at radius 1 is 1.71 bits per heavy atom. The normalized spacial score (nSPS) is 29.9. The van der Waals surface area contributed by atoms with Crippen molar-refractivity contribution in [3.8, 4) is 0 Å². The lowest BCUT2D eigenvalue weighted by Crippen LogP contribution is -2.28. The van der Waals surface area contributed by atoms with Crippen molar-refractivity contribution in [2.24, 2.45) is 5.10 Å². The molecule has 4 nitrogen and oxygen atoms in total. The number of thioether (sulfide) groups is 1. The van der Waals surface area contributed by atoms with Crippen molar-refractivity contribution in [2.45, 2.75) is 23.5 Å². The van der Waals surface area contributed by atoms with E-state index in [4.69, 9.17) is 4.55 Å². The second-order valence-corrected chi connectivity index (χ2v) is 8.34. The largest absolute Gasteiger partial charge is 0.306 e. The van der Waals surface area contributed by atoms with Crippen LogP contribution in [0.3, 0.4) is 0 Å². The molecule has 1 aliphatic heterocycles. The number of hydrazone groups is 1. The molecule has 1 rings (SSSR count). The molecule has 1 heterocycles. The van der Waals surface area contributed by atoms with Gasteiger partial charge in [-0.25, -0.2) is 4.21 Å². The first-order chi connectivity index (χ1) is 6.41. The molecule has 8 heteroatoms. The topological polar surface area (TPSA) is 61.7 Å². The van der Waals surface area contributed by atoms with Crippen LogP contribution in [0.2, 0.25) is 0 Å². The first-order valence-electron chi connectivity index (χ1n) is 4.05. The minimum atomic E-state index is -2.99. The van der Waals surface area contributed by atoms with Gasteiger partial charge in [-0.3, -0.25) is 5.43 Å². The van der Waals surface area contributed by atoms with Crippen molar-refractivity contribution in [3.63, 3.8) is 0 Å². The smallest absolute Gasteiger partial charge is 0.148 e. The van der Waals surface area contributed by atoms with E-state index in [1.807, 2.05) is 0 Å². The van der Waals surface area contributed by atoms with E-state index >= 15 is 0 Å². The van der Waals surface area contributed by atoms with Crippen LogP contribution in [0.1, 0.15) is 19.3 Å². The Balaban J connectivity index is 2.16. The summed E-state index contributed by atoms with van der Waals surface area (Å²) in [6.07, 6.45) is 2.23. The predicted octanol–water partition coefficient (Wildman–Crippen LogP) is 1.24. The molecule has 82 valence electrons. The number of rotatable bonds is 5. The lowest BCUT2D eigenvalue weighted by molar-refractivity contribution is 0.547. The summed E-state index contributed by atoms with van der Waals surface area (Å²) in [5, 5.41) is 3.85. The molecule has 0 radical (unpaired) electrons. The highest BCUT2D eigenvalue weighted by atomic mass is 32.8. The summed E-state index contributed by atoms with van der Waals surface area (Å²) in [5.74, 6) is 0.178. The summed E-state index contributed by atoms with van der Waals surface area (Å²) in [6, 6.07) is 0. The summed E-state index contributed by atoms with van der Waals surface area (Å²) in [7, 11) is -2.99. The number of unbranched alkanes of at least 4 members (excludes halogenated alkanes) is 1. The minimum absolute atomic E-state index is 0.178. The first-order valence-corrected chi connectivity index (χ1v) is 7.99. The van der Waals surface area contributed by atoms with Crippen LogP contribution in [0.4, 0.5) is 0 Å². The van der Waals surface area contributed by atoms with E-state index in [-0.39, 0.29) is 9.96 Å². The summed E-state index contributed by atoms with van der Waals surface area (Å²) in [6.45, 7) is 0. The molecule has 0 aliphatic carbocycles. The number of hydrogen-bond donors (Lipinski definition) is 3. The Morgan fingerprint density at radius 2 is 2.43 bits per heavy atom. The van der Waals surface area contributed by atoms with E-state index in [0.29, 0.717) is 6.42 Å². The van der Waals surface area contributed by atoms with Crippen LogP contribution in [0.5, 0.6) is 0 Å². The molecule has 2 unspecified atom stereocenters. The molecule has 0 spiro atoms. The van der Waals surface area contributed by atoms with Gasteiger partial charge in [-0.1, -0.05) is 11.8 Å². The fourth-order valence-electron chi connectivity index (χ4n) is 1.03. The van der Waals surface area contributed by atoms with Gasteiger partial charge < -0.3 is 4.55 Å². The highest BCUT2D eigenvalue weighted by molar-refractivity contribution is 8.29. The summed E-state index contributed by atoms with van der Waals surface area (Å²) >= 11 is 10.3. The van der Waals surface area contributed by atoms with E-state index in [1.54, 1.807) is 5.55 Å². The maximum absolute atomic E-state index is 10.8. The van der Waals surface area contributed by atoms with Crippen LogP contribution in [0.25, 0.3) is 0 Å². The highest BCUT2D eigenvalue weighted by Gasteiger charge is 2.27. The van der Waals surface area contributed by atoms with Crippen molar-refractivity contribution in [1.29, 1.82) is 0 Å². The Morgan fingerprint density at radius 3 is 2.93 bits per heavy atom. The van der Waals surface area contributed by atoms with Crippen molar-refractivity contribution >= 4 is 49.9 Å². The van der Waals surface area contributed by atoms with Gasteiger partial charge in [-0.15, -0.1) is 12.6 Å². The molecule has 0 aromatic rings. The Hall–Kier alpha value is 0.500. The van der Waals surface area contributed by atoms with Gasteiger partial charge >= 0.3 is 0 Å². The van der Waals surface area contributed by atoms with Gasteiger partial charge in [0.1, 0.15) is 13.0 Å². The zero-order valence-corrected chi connectivity index (χ0v) is 10.7. The van der Waals surface area contributed by atoms with Gasteiger partial charge in [0.15, 0.2) is 0 Å². The SMILES string of the molecule is O=S(O)(=S)CCCCC1(S)NN=CS1. The van der Waals surface area contributed by atoms with Crippen molar-refractivity contribution in [3.05, 3.63) is 0 Å². The van der Waals surface area contributed by atoms with E-state index in [0.717, 1.165) is 12.8 Å². The maximum Gasteiger partial charge on any atom is 0.148 e. The molecule has 14 heavy (non-hydrogen) atoms. The molecule has 0 saturated heterocycles. The number of hydrogen-bond acceptors (Lipinski definition) is 6. The van der Waals surface area contributed by atoms with E-state index in [9.17, 15) is 4.21 Å². The van der Waals surface area contributed by atoms with Crippen LogP contribution in [0, 0.1) is 0 Å². The van der Waals surface area contributed by atoms with Gasteiger partial charge in [0.2, 0.25) is 0 Å². The van der Waals surface area contributed by atoms with Gasteiger partial charge in [-0.2, -0.15) is 5.10 Å². The van der Waals surface area contributed by atoms with Crippen LogP contribution in [0.15, 0.2) is 5.10 Å². The third-order valence-corrected chi connectivity index (χ3v) is 4.55. The van der Waals surface area contributed by atoms with Gasteiger partial charge in [-0.05, 0) is 19.3 Å². The average Bonchev–Trinajstić information content (AvgIpc) is 2.45. The third kappa shape index (κ3) is 4.83. The Bertz CT molecular complexity index is 306. The Kier molecular flexibility index (Phi) is 4.51. The second kappa shape index (κ2) is 5.02. The van der Waals surface area contributed by atoms with Crippen LogP contribution in [-0.4, -0.2) is 24.3 Å². The maximum atomic E-state index is 10.8. The molecule has 2 N–H and O–H groups in total. The lowest BCUT2D eigenvalue weighted by atomic mass is 10.2. The zero-order chi connectivity index (χ0) is 10.7. The Labute approximate surface area is 98.2 Å². The lowest BCUT2D eigenvalue weighted by Gasteiger charge is -2.20. The molecule has 0 bridgehead atoms. The summed E-state index contributed by atoms with van der Waals surface area (Å²) in [5.41, 5.74) is 4.57. The fraction of sp³-hybridized carbons (Fsp3) is 0.833. The predicted molar refractivity (Wildman–Crippen MR) is 67.8 cm³/mol. The number of thiol groups is 1. The average molecular weight is 272 g/mol. The van der Waals surface area contributed by atoms with Gasteiger partial charge in [0.25, 0.3) is 0 Å². The number of nitrogens with zero attached hydrogens (tertiary/aromatic N) is 1. The molecule has 2 atom stereocenters. The van der Waals surface area contributed by atoms with E-state index in [1.165, 1.54) is 11.8 Å². The highest BCUT2D eigenvalue weighted by Crippen LogP contribution is 2.33. The summed E-state index contributed by atoms with van der Waals surface area (Å²) < 4.78 is 19.3.